The first-order valence-electron chi connectivity index (χ1n) is 4.05. The summed E-state index contributed by atoms with van der Waals surface area (Å²) < 4.78 is 4.74. The highest BCUT2D eigenvalue weighted by Gasteiger charge is 2.00. The summed E-state index contributed by atoms with van der Waals surface area (Å²) in [5, 5.41) is 9.52. The van der Waals surface area contributed by atoms with Crippen LogP contribution in [-0.2, 0) is 4.74 Å². The van der Waals surface area contributed by atoms with Gasteiger partial charge in [0.2, 0.25) is 0 Å². The molecule has 2 heteroatoms. The van der Waals surface area contributed by atoms with Crippen molar-refractivity contribution >= 4 is 0 Å². The van der Waals surface area contributed by atoms with E-state index in [0.29, 0.717) is 6.61 Å². The second-order valence-corrected chi connectivity index (χ2v) is 2.57. The van der Waals surface area contributed by atoms with Crippen LogP contribution in [0, 0.1) is 11.8 Å². The number of aliphatic hydroxyl groups is 1. The fraction of sp³-hybridized carbons (Fsp3) is 0.273. The summed E-state index contributed by atoms with van der Waals surface area (Å²) in [7, 11) is 1.57. The van der Waals surface area contributed by atoms with Gasteiger partial charge in [0.05, 0.1) is 0 Å². The second-order valence-electron chi connectivity index (χ2n) is 2.57. The molecular weight excluding hydrogens is 164 g/mol. The van der Waals surface area contributed by atoms with Gasteiger partial charge in [0.15, 0.2) is 0 Å². The molecule has 0 radical (unpaired) electrons. The van der Waals surface area contributed by atoms with Gasteiger partial charge in [-0.05, 0) is 5.56 Å². The van der Waals surface area contributed by atoms with E-state index in [-0.39, 0.29) is 0 Å². The SMILES string of the molecule is COCC#CC(O)c1ccccc1. The van der Waals surface area contributed by atoms with E-state index in [2.05, 4.69) is 11.8 Å². The van der Waals surface area contributed by atoms with Crippen molar-refractivity contribution in [3.05, 3.63) is 35.9 Å². The van der Waals surface area contributed by atoms with Crippen molar-refractivity contribution in [3.63, 3.8) is 0 Å². The maximum atomic E-state index is 9.52. The van der Waals surface area contributed by atoms with Crippen LogP contribution < -0.4 is 0 Å². The van der Waals surface area contributed by atoms with Gasteiger partial charge in [-0.2, -0.15) is 0 Å². The molecule has 0 bridgehead atoms. The number of rotatable bonds is 2. The van der Waals surface area contributed by atoms with Crippen LogP contribution in [-0.4, -0.2) is 18.8 Å². The quantitative estimate of drug-likeness (QED) is 0.689. The molecule has 2 nitrogen and oxygen atoms in total. The Morgan fingerprint density at radius 2 is 2.08 bits per heavy atom. The molecule has 1 aromatic rings. The maximum Gasteiger partial charge on any atom is 0.140 e. The van der Waals surface area contributed by atoms with Crippen LogP contribution >= 0.6 is 0 Å². The normalized spacial score (nSPS) is 11.5. The van der Waals surface area contributed by atoms with Crippen molar-refractivity contribution in [2.24, 2.45) is 0 Å². The minimum atomic E-state index is -0.712. The molecule has 0 fully saturated rings. The summed E-state index contributed by atoms with van der Waals surface area (Å²) >= 11 is 0. The van der Waals surface area contributed by atoms with Crippen LogP contribution in [0.5, 0.6) is 0 Å². The van der Waals surface area contributed by atoms with E-state index >= 15 is 0 Å². The Morgan fingerprint density at radius 3 is 2.69 bits per heavy atom. The molecular formula is C11H12O2. The van der Waals surface area contributed by atoms with Crippen molar-refractivity contribution in [2.45, 2.75) is 6.10 Å². The lowest BCUT2D eigenvalue weighted by molar-refractivity contribution is 0.230. The zero-order valence-electron chi connectivity index (χ0n) is 7.53. The Hall–Kier alpha value is -1.30. The van der Waals surface area contributed by atoms with E-state index in [1.54, 1.807) is 7.11 Å². The highest BCUT2D eigenvalue weighted by atomic mass is 16.5. The molecule has 0 spiro atoms. The average molecular weight is 176 g/mol. The molecule has 1 aromatic carbocycles. The van der Waals surface area contributed by atoms with E-state index in [1.165, 1.54) is 0 Å². The van der Waals surface area contributed by atoms with Crippen LogP contribution in [0.3, 0.4) is 0 Å². The first kappa shape index (κ1) is 9.79. The predicted octanol–water partition coefficient (Wildman–Crippen LogP) is 1.37. The third kappa shape index (κ3) is 3.29. The zero-order valence-corrected chi connectivity index (χ0v) is 7.53. The molecule has 0 aliphatic rings. The number of hydrogen-bond donors (Lipinski definition) is 1. The molecule has 0 aliphatic carbocycles. The minimum absolute atomic E-state index is 0.351. The molecule has 1 N–H and O–H groups in total. The largest absolute Gasteiger partial charge is 0.376 e. The number of benzene rings is 1. The monoisotopic (exact) mass is 176 g/mol. The molecule has 1 rings (SSSR count). The lowest BCUT2D eigenvalue weighted by atomic mass is 10.1. The van der Waals surface area contributed by atoms with Crippen molar-refractivity contribution in [1.29, 1.82) is 0 Å². The van der Waals surface area contributed by atoms with Crippen LogP contribution in [0.15, 0.2) is 30.3 Å². The van der Waals surface area contributed by atoms with E-state index in [0.717, 1.165) is 5.56 Å². The second kappa shape index (κ2) is 5.36. The number of hydrogen-bond acceptors (Lipinski definition) is 2. The van der Waals surface area contributed by atoms with Gasteiger partial charge in [0.1, 0.15) is 12.7 Å². The lowest BCUT2D eigenvalue weighted by Gasteiger charge is -2.01. The Bertz CT molecular complexity index is 295. The number of ether oxygens (including phenoxy) is 1. The molecule has 0 amide bonds. The summed E-state index contributed by atoms with van der Waals surface area (Å²) in [6.07, 6.45) is -0.712. The van der Waals surface area contributed by atoms with E-state index in [4.69, 9.17) is 4.74 Å². The summed E-state index contributed by atoms with van der Waals surface area (Å²) in [5.41, 5.74) is 0.811. The molecule has 0 heterocycles. The fourth-order valence-electron chi connectivity index (χ4n) is 0.929. The first-order valence-corrected chi connectivity index (χ1v) is 4.05. The van der Waals surface area contributed by atoms with E-state index in [9.17, 15) is 5.11 Å². The van der Waals surface area contributed by atoms with Gasteiger partial charge in [0, 0.05) is 7.11 Å². The Kier molecular flexibility index (Phi) is 4.04. The van der Waals surface area contributed by atoms with Gasteiger partial charge in [-0.15, -0.1) is 0 Å². The summed E-state index contributed by atoms with van der Waals surface area (Å²) in [6.45, 7) is 0.351. The number of methoxy groups -OCH3 is 1. The van der Waals surface area contributed by atoms with Crippen molar-refractivity contribution in [2.75, 3.05) is 13.7 Å². The molecule has 0 aromatic heterocycles. The highest BCUT2D eigenvalue weighted by molar-refractivity contribution is 5.24. The molecule has 0 saturated heterocycles. The van der Waals surface area contributed by atoms with Crippen LogP contribution in [0.25, 0.3) is 0 Å². The Balaban J connectivity index is 2.60. The molecule has 13 heavy (non-hydrogen) atoms. The highest BCUT2D eigenvalue weighted by Crippen LogP contribution is 2.09. The predicted molar refractivity (Wildman–Crippen MR) is 51.1 cm³/mol. The lowest BCUT2D eigenvalue weighted by Crippen LogP contribution is -1.93. The fourth-order valence-corrected chi connectivity index (χ4v) is 0.929. The summed E-state index contributed by atoms with van der Waals surface area (Å²) in [6, 6.07) is 9.32. The summed E-state index contributed by atoms with van der Waals surface area (Å²) in [5.74, 6) is 5.39. The van der Waals surface area contributed by atoms with Crippen LogP contribution in [0.4, 0.5) is 0 Å². The molecule has 0 aliphatic heterocycles. The first-order chi connectivity index (χ1) is 6.34. The summed E-state index contributed by atoms with van der Waals surface area (Å²) in [4.78, 5) is 0. The third-order valence-corrected chi connectivity index (χ3v) is 1.57. The standard InChI is InChI=1S/C11H12O2/c1-13-9-5-8-11(12)10-6-3-2-4-7-10/h2-4,6-7,11-12H,9H2,1H3. The Morgan fingerprint density at radius 1 is 1.38 bits per heavy atom. The molecule has 1 atom stereocenters. The van der Waals surface area contributed by atoms with Crippen LogP contribution in [0.1, 0.15) is 11.7 Å². The topological polar surface area (TPSA) is 29.5 Å². The van der Waals surface area contributed by atoms with Gasteiger partial charge >= 0.3 is 0 Å². The van der Waals surface area contributed by atoms with Gasteiger partial charge in [-0.25, -0.2) is 0 Å². The van der Waals surface area contributed by atoms with Gasteiger partial charge in [-0.3, -0.25) is 0 Å². The van der Waals surface area contributed by atoms with Crippen molar-refractivity contribution in [3.8, 4) is 11.8 Å². The van der Waals surface area contributed by atoms with E-state index < -0.39 is 6.10 Å². The smallest absolute Gasteiger partial charge is 0.140 e. The minimum Gasteiger partial charge on any atom is -0.376 e. The van der Waals surface area contributed by atoms with Crippen molar-refractivity contribution < 1.29 is 9.84 Å². The van der Waals surface area contributed by atoms with Gasteiger partial charge < -0.3 is 9.84 Å². The van der Waals surface area contributed by atoms with Crippen LogP contribution in [0.2, 0.25) is 0 Å². The van der Waals surface area contributed by atoms with Crippen molar-refractivity contribution in [1.82, 2.24) is 0 Å². The maximum absolute atomic E-state index is 9.52. The molecule has 0 saturated carbocycles. The van der Waals surface area contributed by atoms with Gasteiger partial charge in [-0.1, -0.05) is 42.2 Å². The van der Waals surface area contributed by atoms with E-state index in [1.807, 2.05) is 30.3 Å². The third-order valence-electron chi connectivity index (χ3n) is 1.57. The number of aliphatic hydroxyl groups excluding tert-OH is 1. The Labute approximate surface area is 78.2 Å². The average Bonchev–Trinajstić information content (AvgIpc) is 2.19. The zero-order chi connectivity index (χ0) is 9.52. The molecule has 68 valence electrons. The molecule has 1 unspecified atom stereocenters. The van der Waals surface area contributed by atoms with Gasteiger partial charge in [0.25, 0.3) is 0 Å².